The van der Waals surface area contributed by atoms with E-state index in [0.29, 0.717) is 18.7 Å². The number of benzene rings is 1. The molecule has 1 atom stereocenters. The first-order valence-corrected chi connectivity index (χ1v) is 8.46. The second-order valence-electron chi connectivity index (χ2n) is 5.10. The molecule has 8 heteroatoms. The Kier molecular flexibility index (Phi) is 3.69. The molecule has 0 spiro atoms. The summed E-state index contributed by atoms with van der Waals surface area (Å²) in [6, 6.07) is 8.58. The number of nitrogens with zero attached hydrogens (tertiary/aromatic N) is 2. The fourth-order valence-electron chi connectivity index (χ4n) is 2.64. The van der Waals surface area contributed by atoms with E-state index in [1.54, 1.807) is 30.3 Å². The van der Waals surface area contributed by atoms with Gasteiger partial charge in [-0.3, -0.25) is 0 Å². The summed E-state index contributed by atoms with van der Waals surface area (Å²) in [6.45, 7) is 1.16. The van der Waals surface area contributed by atoms with Gasteiger partial charge in [-0.2, -0.15) is 0 Å². The normalized spacial score (nSPS) is 23.5. The molecule has 1 unspecified atom stereocenters. The van der Waals surface area contributed by atoms with Crippen molar-refractivity contribution >= 4 is 15.9 Å². The zero-order valence-electron chi connectivity index (χ0n) is 11.7. The van der Waals surface area contributed by atoms with Crippen LogP contribution in [0.2, 0.25) is 0 Å². The number of cyclic esters (lactones) is 1. The Morgan fingerprint density at radius 1 is 1.23 bits per heavy atom. The van der Waals surface area contributed by atoms with Crippen molar-refractivity contribution in [2.75, 3.05) is 26.2 Å². The van der Waals surface area contributed by atoms with Crippen LogP contribution in [0.25, 0.3) is 0 Å². The molecule has 0 aliphatic carbocycles. The molecule has 1 aromatic rings. The van der Waals surface area contributed by atoms with E-state index in [-0.39, 0.29) is 13.1 Å². The lowest BCUT2D eigenvalue weighted by Crippen LogP contribution is -2.38. The standard InChI is InChI=1S/C14H16N2O5S/c17-12-10-22(19,20)13(11-4-2-1-3-5-11)16(12)7-6-15-8-9-21-14(15)18/h1-5,10,13,17H,6-9H2/p-1. The molecule has 3 rings (SSSR count). The highest BCUT2D eigenvalue weighted by molar-refractivity contribution is 7.94. The topological polar surface area (TPSA) is 90.0 Å². The van der Waals surface area contributed by atoms with Gasteiger partial charge >= 0.3 is 6.09 Å². The predicted molar refractivity (Wildman–Crippen MR) is 75.8 cm³/mol. The van der Waals surface area contributed by atoms with Crippen LogP contribution >= 0.6 is 0 Å². The van der Waals surface area contributed by atoms with Crippen molar-refractivity contribution in [3.05, 3.63) is 47.2 Å². The van der Waals surface area contributed by atoms with Gasteiger partial charge in [0.15, 0.2) is 15.2 Å². The summed E-state index contributed by atoms with van der Waals surface area (Å²) in [4.78, 5) is 14.1. The van der Waals surface area contributed by atoms with Crippen molar-refractivity contribution in [3.8, 4) is 0 Å². The van der Waals surface area contributed by atoms with Crippen molar-refractivity contribution < 1.29 is 23.1 Å². The molecule has 0 aromatic heterocycles. The molecule has 0 bridgehead atoms. The fourth-order valence-corrected chi connectivity index (χ4v) is 4.28. The van der Waals surface area contributed by atoms with E-state index in [1.165, 1.54) is 9.80 Å². The molecule has 0 radical (unpaired) electrons. The van der Waals surface area contributed by atoms with Crippen LogP contribution in [-0.2, 0) is 14.6 Å². The Labute approximate surface area is 128 Å². The Bertz CT molecular complexity index is 701. The number of ether oxygens (including phenoxy) is 1. The fraction of sp³-hybridized carbons (Fsp3) is 0.357. The lowest BCUT2D eigenvalue weighted by atomic mass is 10.2. The molecule has 1 aromatic carbocycles. The number of hydrogen-bond acceptors (Lipinski definition) is 6. The van der Waals surface area contributed by atoms with Gasteiger partial charge < -0.3 is 19.6 Å². The van der Waals surface area contributed by atoms with E-state index in [2.05, 4.69) is 0 Å². The predicted octanol–water partition coefficient (Wildman–Crippen LogP) is 0.0270. The van der Waals surface area contributed by atoms with Crippen LogP contribution in [0.15, 0.2) is 41.6 Å². The SMILES string of the molecule is O=C1OCCN1CCN1C([O-])=CS(=O)(=O)C1c1ccccc1. The van der Waals surface area contributed by atoms with E-state index >= 15 is 0 Å². The molecular formula is C14H15N2O5S-. The first kappa shape index (κ1) is 14.7. The smallest absolute Gasteiger partial charge is 0.409 e. The summed E-state index contributed by atoms with van der Waals surface area (Å²) in [6.07, 6.45) is -0.435. The van der Waals surface area contributed by atoms with E-state index in [4.69, 9.17) is 4.74 Å². The van der Waals surface area contributed by atoms with Crippen LogP contribution < -0.4 is 5.11 Å². The van der Waals surface area contributed by atoms with Crippen LogP contribution in [0.4, 0.5) is 4.79 Å². The molecule has 22 heavy (non-hydrogen) atoms. The molecular weight excluding hydrogens is 308 g/mol. The van der Waals surface area contributed by atoms with Gasteiger partial charge in [-0.25, -0.2) is 13.2 Å². The largest absolute Gasteiger partial charge is 0.860 e. The number of hydrogen-bond donors (Lipinski definition) is 0. The summed E-state index contributed by atoms with van der Waals surface area (Å²) in [5.41, 5.74) is 0.536. The van der Waals surface area contributed by atoms with Gasteiger partial charge in [0.1, 0.15) is 6.61 Å². The van der Waals surface area contributed by atoms with Crippen molar-refractivity contribution in [1.29, 1.82) is 0 Å². The lowest BCUT2D eigenvalue weighted by Gasteiger charge is -2.32. The first-order chi connectivity index (χ1) is 10.5. The van der Waals surface area contributed by atoms with Crippen LogP contribution in [0.5, 0.6) is 0 Å². The highest BCUT2D eigenvalue weighted by Gasteiger charge is 2.36. The maximum absolute atomic E-state index is 12.2. The molecule has 2 aliphatic heterocycles. The van der Waals surface area contributed by atoms with Crippen molar-refractivity contribution in [3.63, 3.8) is 0 Å². The third-order valence-corrected chi connectivity index (χ3v) is 5.36. The second-order valence-corrected chi connectivity index (χ2v) is 6.96. The first-order valence-electron chi connectivity index (χ1n) is 6.85. The molecule has 0 N–H and O–H groups in total. The van der Waals surface area contributed by atoms with Crippen LogP contribution in [0.3, 0.4) is 0 Å². The average Bonchev–Trinajstić information content (AvgIpc) is 2.97. The highest BCUT2D eigenvalue weighted by atomic mass is 32.2. The van der Waals surface area contributed by atoms with Crippen LogP contribution in [0, 0.1) is 0 Å². The summed E-state index contributed by atoms with van der Waals surface area (Å²) in [7, 11) is -3.68. The van der Waals surface area contributed by atoms with Gasteiger partial charge in [-0.05, 0) is 11.4 Å². The monoisotopic (exact) mass is 323 g/mol. The average molecular weight is 323 g/mol. The van der Waals surface area contributed by atoms with Gasteiger partial charge in [0.2, 0.25) is 0 Å². The molecule has 2 heterocycles. The molecule has 1 fully saturated rings. The van der Waals surface area contributed by atoms with Crippen molar-refractivity contribution in [1.82, 2.24) is 9.80 Å². The maximum Gasteiger partial charge on any atom is 0.409 e. The van der Waals surface area contributed by atoms with Gasteiger partial charge in [-0.1, -0.05) is 30.3 Å². The van der Waals surface area contributed by atoms with Crippen molar-refractivity contribution in [2.45, 2.75) is 5.37 Å². The number of carbonyl (C=O) groups excluding carboxylic acids is 1. The minimum absolute atomic E-state index is 0.142. The summed E-state index contributed by atoms with van der Waals surface area (Å²) < 4.78 is 29.3. The van der Waals surface area contributed by atoms with E-state index in [9.17, 15) is 18.3 Å². The molecule has 7 nitrogen and oxygen atoms in total. The number of amides is 1. The molecule has 118 valence electrons. The molecule has 0 saturated carbocycles. The Morgan fingerprint density at radius 2 is 1.95 bits per heavy atom. The number of rotatable bonds is 4. The van der Waals surface area contributed by atoms with Gasteiger partial charge in [-0.15, -0.1) is 0 Å². The molecule has 2 aliphatic rings. The minimum atomic E-state index is -3.68. The summed E-state index contributed by atoms with van der Waals surface area (Å²) in [5.74, 6) is -0.554. The quantitative estimate of drug-likeness (QED) is 0.776. The van der Waals surface area contributed by atoms with E-state index in [1.807, 2.05) is 0 Å². The van der Waals surface area contributed by atoms with Gasteiger partial charge in [0.25, 0.3) is 0 Å². The molecule has 1 amide bonds. The summed E-state index contributed by atoms with van der Waals surface area (Å²) >= 11 is 0. The van der Waals surface area contributed by atoms with Gasteiger partial charge in [0.05, 0.1) is 6.54 Å². The Hall–Kier alpha value is -2.22. The maximum atomic E-state index is 12.2. The number of carbonyl (C=O) groups is 1. The highest BCUT2D eigenvalue weighted by Crippen LogP contribution is 2.35. The lowest BCUT2D eigenvalue weighted by molar-refractivity contribution is -0.332. The zero-order valence-corrected chi connectivity index (χ0v) is 12.5. The zero-order chi connectivity index (χ0) is 15.7. The van der Waals surface area contributed by atoms with Crippen LogP contribution in [0.1, 0.15) is 10.9 Å². The number of sulfone groups is 1. The third-order valence-electron chi connectivity index (χ3n) is 3.68. The van der Waals surface area contributed by atoms with Crippen LogP contribution in [-0.4, -0.2) is 50.6 Å². The van der Waals surface area contributed by atoms with Crippen molar-refractivity contribution in [2.24, 2.45) is 0 Å². The molecule has 1 saturated heterocycles. The third kappa shape index (κ3) is 2.61. The van der Waals surface area contributed by atoms with Gasteiger partial charge in [0, 0.05) is 18.5 Å². The minimum Gasteiger partial charge on any atom is -0.860 e. The summed E-state index contributed by atoms with van der Waals surface area (Å²) in [5, 5.41) is 11.7. The van der Waals surface area contributed by atoms with E-state index < -0.39 is 27.2 Å². The van der Waals surface area contributed by atoms with E-state index in [0.717, 1.165) is 5.41 Å². The Balaban J connectivity index is 1.81. The second kappa shape index (κ2) is 5.53. The Morgan fingerprint density at radius 3 is 2.59 bits per heavy atom.